The Kier molecular flexibility index (Phi) is 4.38. The maximum absolute atomic E-state index is 13.3. The molecule has 5 aromatic rings. The molecule has 5 heteroatoms. The molecule has 0 aliphatic heterocycles. The first-order chi connectivity index (χ1) is 14.6. The second-order valence-corrected chi connectivity index (χ2v) is 8.01. The summed E-state index contributed by atoms with van der Waals surface area (Å²) in [5, 5.41) is 10.9. The summed E-state index contributed by atoms with van der Waals surface area (Å²) in [5.74, 6) is 0.522. The van der Waals surface area contributed by atoms with Crippen molar-refractivity contribution in [3.8, 4) is 28.0 Å². The minimum absolute atomic E-state index is 0.0329. The number of phenolic OH excluding ortho intramolecular Hbond substituents is 1. The van der Waals surface area contributed by atoms with Crippen molar-refractivity contribution in [3.63, 3.8) is 0 Å². The number of anilines is 1. The summed E-state index contributed by atoms with van der Waals surface area (Å²) in [5.41, 5.74) is 10.1. The SMILES string of the molecule is Nc1occc1-c1ccc(-c2c(C(=O)c3ccccc3)sc3cc(O)ccc23)cc1. The number of thiophene rings is 1. The summed E-state index contributed by atoms with van der Waals surface area (Å²) < 4.78 is 6.07. The number of nitrogen functional groups attached to an aromatic ring is 1. The van der Waals surface area contributed by atoms with Gasteiger partial charge in [-0.2, -0.15) is 0 Å². The fraction of sp³-hybridized carbons (Fsp3) is 0. The van der Waals surface area contributed by atoms with Crippen molar-refractivity contribution in [2.75, 3.05) is 5.73 Å². The molecule has 2 aromatic heterocycles. The molecule has 2 heterocycles. The average Bonchev–Trinajstić information content (AvgIpc) is 3.37. The number of phenols is 1. The van der Waals surface area contributed by atoms with E-state index in [1.165, 1.54) is 11.3 Å². The van der Waals surface area contributed by atoms with Crippen LogP contribution in [0.5, 0.6) is 5.75 Å². The van der Waals surface area contributed by atoms with Crippen LogP contribution in [0.3, 0.4) is 0 Å². The Morgan fingerprint density at radius 2 is 1.63 bits per heavy atom. The Morgan fingerprint density at radius 1 is 0.900 bits per heavy atom. The molecular formula is C25H17NO3S. The molecule has 0 saturated carbocycles. The molecule has 0 spiro atoms. The lowest BCUT2D eigenvalue weighted by atomic mass is 9.96. The zero-order valence-corrected chi connectivity index (χ0v) is 16.6. The lowest BCUT2D eigenvalue weighted by molar-refractivity contribution is 0.104. The summed E-state index contributed by atoms with van der Waals surface area (Å²) in [6.07, 6.45) is 1.56. The molecule has 3 aromatic carbocycles. The molecule has 0 unspecified atom stereocenters. The van der Waals surface area contributed by atoms with Gasteiger partial charge >= 0.3 is 0 Å². The molecule has 0 atom stereocenters. The minimum atomic E-state index is -0.0329. The second kappa shape index (κ2) is 7.21. The number of carbonyl (C=O) groups is 1. The second-order valence-electron chi connectivity index (χ2n) is 6.96. The highest BCUT2D eigenvalue weighted by atomic mass is 32.1. The van der Waals surface area contributed by atoms with Crippen LogP contribution in [0, 0.1) is 0 Å². The molecule has 0 fully saturated rings. The van der Waals surface area contributed by atoms with E-state index in [4.69, 9.17) is 10.2 Å². The van der Waals surface area contributed by atoms with Crippen LogP contribution in [0.25, 0.3) is 32.3 Å². The zero-order chi connectivity index (χ0) is 20.7. The van der Waals surface area contributed by atoms with E-state index in [0.717, 1.165) is 32.3 Å². The number of hydrogen-bond donors (Lipinski definition) is 2. The molecular weight excluding hydrogens is 394 g/mol. The van der Waals surface area contributed by atoms with Crippen LogP contribution in [0.15, 0.2) is 89.5 Å². The third-order valence-electron chi connectivity index (χ3n) is 5.10. The van der Waals surface area contributed by atoms with E-state index in [2.05, 4.69) is 0 Å². The molecule has 4 nitrogen and oxygen atoms in total. The summed E-state index contributed by atoms with van der Waals surface area (Å²) in [4.78, 5) is 14.0. The van der Waals surface area contributed by atoms with Gasteiger partial charge in [0.1, 0.15) is 5.75 Å². The largest absolute Gasteiger partial charge is 0.508 e. The Bertz CT molecular complexity index is 1370. The fourth-order valence-electron chi connectivity index (χ4n) is 3.63. The normalized spacial score (nSPS) is 11.1. The summed E-state index contributed by atoms with van der Waals surface area (Å²) in [6, 6.07) is 24.2. The highest BCUT2D eigenvalue weighted by Gasteiger charge is 2.21. The fourth-order valence-corrected chi connectivity index (χ4v) is 4.85. The molecule has 0 saturated heterocycles. The highest BCUT2D eigenvalue weighted by Crippen LogP contribution is 2.42. The number of hydrogen-bond acceptors (Lipinski definition) is 5. The van der Waals surface area contributed by atoms with Crippen LogP contribution < -0.4 is 5.73 Å². The monoisotopic (exact) mass is 411 g/mol. The van der Waals surface area contributed by atoms with Gasteiger partial charge in [-0.25, -0.2) is 0 Å². The predicted octanol–water partition coefficient (Wildman–Crippen LogP) is 6.35. The Morgan fingerprint density at radius 3 is 2.33 bits per heavy atom. The number of rotatable bonds is 4. The first-order valence-corrected chi connectivity index (χ1v) is 10.2. The zero-order valence-electron chi connectivity index (χ0n) is 15.8. The van der Waals surface area contributed by atoms with Crippen molar-refractivity contribution >= 4 is 33.1 Å². The third-order valence-corrected chi connectivity index (χ3v) is 6.25. The molecule has 0 amide bonds. The van der Waals surface area contributed by atoms with Crippen molar-refractivity contribution < 1.29 is 14.3 Å². The van der Waals surface area contributed by atoms with Crippen molar-refractivity contribution in [1.29, 1.82) is 0 Å². The number of nitrogens with two attached hydrogens (primary N) is 1. The molecule has 30 heavy (non-hydrogen) atoms. The topological polar surface area (TPSA) is 76.5 Å². The summed E-state index contributed by atoms with van der Waals surface area (Å²) in [6.45, 7) is 0. The van der Waals surface area contributed by atoms with Crippen LogP contribution in [-0.4, -0.2) is 10.9 Å². The molecule has 0 aliphatic carbocycles. The van der Waals surface area contributed by atoms with E-state index < -0.39 is 0 Å². The smallest absolute Gasteiger partial charge is 0.203 e. The number of fused-ring (bicyclic) bond motifs is 1. The maximum atomic E-state index is 13.3. The van der Waals surface area contributed by atoms with Gasteiger partial charge in [-0.15, -0.1) is 11.3 Å². The molecule has 0 bridgehead atoms. The minimum Gasteiger partial charge on any atom is -0.508 e. The van der Waals surface area contributed by atoms with Gasteiger partial charge in [0.05, 0.1) is 11.1 Å². The van der Waals surface area contributed by atoms with Gasteiger partial charge in [0.2, 0.25) is 5.78 Å². The lowest BCUT2D eigenvalue weighted by Gasteiger charge is -2.07. The van der Waals surface area contributed by atoms with E-state index in [-0.39, 0.29) is 11.5 Å². The summed E-state index contributed by atoms with van der Waals surface area (Å²) >= 11 is 1.40. The van der Waals surface area contributed by atoms with Gasteiger partial charge in [-0.05, 0) is 35.4 Å². The molecule has 0 aliphatic rings. The quantitative estimate of drug-likeness (QED) is 0.338. The summed E-state index contributed by atoms with van der Waals surface area (Å²) in [7, 11) is 0. The van der Waals surface area contributed by atoms with Crippen LogP contribution in [0.1, 0.15) is 15.2 Å². The lowest BCUT2D eigenvalue weighted by Crippen LogP contribution is -2.00. The van der Waals surface area contributed by atoms with E-state index in [1.807, 2.05) is 66.7 Å². The van der Waals surface area contributed by atoms with Crippen molar-refractivity contribution in [1.82, 2.24) is 0 Å². The number of carbonyl (C=O) groups excluding carboxylic acids is 1. The molecule has 3 N–H and O–H groups in total. The van der Waals surface area contributed by atoms with E-state index in [9.17, 15) is 9.90 Å². The van der Waals surface area contributed by atoms with Crippen molar-refractivity contribution in [3.05, 3.63) is 95.6 Å². The first kappa shape index (κ1) is 18.2. The number of furan rings is 1. The van der Waals surface area contributed by atoms with Crippen LogP contribution in [-0.2, 0) is 0 Å². The predicted molar refractivity (Wildman–Crippen MR) is 121 cm³/mol. The number of aromatic hydroxyl groups is 1. The highest BCUT2D eigenvalue weighted by molar-refractivity contribution is 7.21. The van der Waals surface area contributed by atoms with Crippen LogP contribution >= 0.6 is 11.3 Å². The Balaban J connectivity index is 1.68. The Labute approximate surface area is 176 Å². The van der Waals surface area contributed by atoms with Crippen LogP contribution in [0.2, 0.25) is 0 Å². The van der Waals surface area contributed by atoms with Gasteiger partial charge in [-0.1, -0.05) is 54.6 Å². The van der Waals surface area contributed by atoms with E-state index >= 15 is 0 Å². The first-order valence-electron chi connectivity index (χ1n) is 9.41. The van der Waals surface area contributed by atoms with Crippen molar-refractivity contribution in [2.45, 2.75) is 0 Å². The average molecular weight is 411 g/mol. The molecule has 146 valence electrons. The van der Waals surface area contributed by atoms with Gasteiger partial charge in [0.15, 0.2) is 5.88 Å². The van der Waals surface area contributed by atoms with Gasteiger partial charge in [0, 0.05) is 26.8 Å². The molecule has 0 radical (unpaired) electrons. The van der Waals surface area contributed by atoms with Gasteiger partial charge in [0.25, 0.3) is 0 Å². The van der Waals surface area contributed by atoms with Crippen molar-refractivity contribution in [2.24, 2.45) is 0 Å². The van der Waals surface area contributed by atoms with Gasteiger partial charge < -0.3 is 15.3 Å². The van der Waals surface area contributed by atoms with Gasteiger partial charge in [-0.3, -0.25) is 4.79 Å². The third kappa shape index (κ3) is 3.06. The number of ketones is 1. The standard InChI is InChI=1S/C25H17NO3S/c26-25-19(12-13-29-25)15-6-8-16(9-7-15)22-20-11-10-18(27)14-21(20)30-24(22)23(28)17-4-2-1-3-5-17/h1-14,27H,26H2. The number of benzene rings is 3. The molecule has 5 rings (SSSR count). The Hall–Kier alpha value is -3.83. The van der Waals surface area contributed by atoms with E-state index in [1.54, 1.807) is 18.4 Å². The maximum Gasteiger partial charge on any atom is 0.203 e. The van der Waals surface area contributed by atoms with Crippen LogP contribution in [0.4, 0.5) is 5.88 Å². The van der Waals surface area contributed by atoms with E-state index in [0.29, 0.717) is 16.3 Å².